The SMILES string of the molecule is CCCCCC/C=C\CCCCCCCCCC(=O)OCC(COP(=O)(O)OC1C(OC2OC(CO)C(O)C(O)C2O)C(O)C(O)C(OC(=O)CCCCCCCCCCCCCCCCC)C1OC1OC(COC(=O)CCCCCCCCC/C=C\CCCCCC)C(O)C(O)C1O)OC(=O)CCCCCCCCCCCCCCC. The van der Waals surface area contributed by atoms with Gasteiger partial charge in [-0.1, -0.05) is 322 Å². The molecule has 0 spiro atoms. The largest absolute Gasteiger partial charge is 0.472 e. The Labute approximate surface area is 704 Å². The predicted octanol–water partition coefficient (Wildman–Crippen LogP) is 17.3. The second-order valence-electron chi connectivity index (χ2n) is 33.5. The molecule has 1 saturated carbocycles. The Balaban J connectivity index is 1.92. The molecule has 18 unspecified atom stereocenters. The zero-order valence-corrected chi connectivity index (χ0v) is 73.9. The molecule has 10 N–H and O–H groups in total. The Kier molecular flexibility index (Phi) is 64.9. The number of carbonyl (C=O) groups excluding carboxylic acids is 4. The topological polar surface area (TPSA) is 380 Å². The van der Waals surface area contributed by atoms with E-state index in [1.807, 2.05) is 0 Å². The van der Waals surface area contributed by atoms with Gasteiger partial charge in [0.05, 0.1) is 13.2 Å². The average molecular weight is 1690 g/mol. The number of phosphoric acid groups is 1. The summed E-state index contributed by atoms with van der Waals surface area (Å²) in [5.74, 6) is -2.97. The number of rotatable bonds is 76. The fourth-order valence-corrected chi connectivity index (χ4v) is 16.4. The molecule has 2 aliphatic heterocycles. The maximum Gasteiger partial charge on any atom is 0.472 e. The van der Waals surface area contributed by atoms with Gasteiger partial charge in [0.2, 0.25) is 0 Å². The van der Waals surface area contributed by atoms with E-state index in [1.165, 1.54) is 148 Å². The summed E-state index contributed by atoms with van der Waals surface area (Å²) < 4.78 is 73.4. The molecule has 0 bridgehead atoms. The molecule has 0 aromatic heterocycles. The van der Waals surface area contributed by atoms with Crippen molar-refractivity contribution in [2.45, 2.75) is 504 Å². The van der Waals surface area contributed by atoms with Crippen LogP contribution in [0.15, 0.2) is 24.3 Å². The van der Waals surface area contributed by atoms with Crippen molar-refractivity contribution in [3.63, 3.8) is 0 Å². The smallest absolute Gasteiger partial charge is 0.463 e. The lowest BCUT2D eigenvalue weighted by molar-refractivity contribution is -0.360. The summed E-state index contributed by atoms with van der Waals surface area (Å²) in [4.78, 5) is 66.4. The van der Waals surface area contributed by atoms with Crippen molar-refractivity contribution >= 4 is 31.7 Å². The van der Waals surface area contributed by atoms with E-state index >= 15 is 0 Å². The minimum atomic E-state index is -5.81. The van der Waals surface area contributed by atoms with E-state index < -0.39 is 162 Å². The summed E-state index contributed by atoms with van der Waals surface area (Å²) in [6, 6.07) is 0. The fourth-order valence-electron chi connectivity index (χ4n) is 15.4. The van der Waals surface area contributed by atoms with Crippen LogP contribution in [-0.2, 0) is 70.7 Å². The summed E-state index contributed by atoms with van der Waals surface area (Å²) in [6.45, 7) is 5.58. The number of hydrogen-bond acceptors (Lipinski definition) is 24. The first-order valence-electron chi connectivity index (χ1n) is 47.1. The van der Waals surface area contributed by atoms with Crippen LogP contribution in [0.25, 0.3) is 0 Å². The number of aliphatic hydroxyl groups is 9. The average Bonchev–Trinajstić information content (AvgIpc) is 0.754. The van der Waals surface area contributed by atoms with Crippen molar-refractivity contribution in [2.24, 2.45) is 0 Å². The number of aliphatic hydroxyl groups excluding tert-OH is 9. The van der Waals surface area contributed by atoms with Gasteiger partial charge in [0, 0.05) is 25.7 Å². The van der Waals surface area contributed by atoms with Crippen molar-refractivity contribution in [3.05, 3.63) is 24.3 Å². The number of esters is 4. The monoisotopic (exact) mass is 1690 g/mol. The first kappa shape index (κ1) is 108. The third-order valence-electron chi connectivity index (χ3n) is 22.9. The standard InChI is InChI=1S/C91H167O25P/c1-5-9-13-17-21-25-29-33-36-40-43-47-51-55-59-63-74(93)107-68-71(110-76(95)65-61-57-53-49-45-39-32-28-24-20-16-12-8-4)69-109-117(105,106)116-89-87(114-90-84(103)80(99)78(97)72(67-92)111-90)83(102)82(101)86(113-77(96)66-62-58-54-50-46-42-38-35-31-27-23-19-15-11-7-3)88(89)115-91-85(104)81(100)79(98)73(112-91)70-108-75(94)64-60-56-52-48-44-41-37-34-30-26-22-18-14-10-6-2/h25-26,29-30,71-73,78-92,97-104H,5-24,27-28,31-70H2,1-4H3,(H,105,106)/b29-25-,30-26-. The second-order valence-corrected chi connectivity index (χ2v) is 34.9. The summed E-state index contributed by atoms with van der Waals surface area (Å²) in [6.07, 6.45) is 30.2. The van der Waals surface area contributed by atoms with E-state index in [9.17, 15) is 74.6 Å². The highest BCUT2D eigenvalue weighted by Gasteiger charge is 2.60. The Hall–Kier alpha value is -3.05. The molecule has 18 atom stereocenters. The van der Waals surface area contributed by atoms with E-state index in [-0.39, 0.29) is 25.7 Å². The van der Waals surface area contributed by atoms with Gasteiger partial charge in [-0.05, 0) is 77.0 Å². The lowest BCUT2D eigenvalue weighted by Gasteiger charge is -2.50. The normalized spacial score (nSPS) is 25.1. The minimum absolute atomic E-state index is 0.00995. The Bertz CT molecular complexity index is 2530. The molecule has 117 heavy (non-hydrogen) atoms. The lowest BCUT2D eigenvalue weighted by atomic mass is 9.84. The third-order valence-corrected chi connectivity index (χ3v) is 23.9. The molecule has 3 fully saturated rings. The quantitative estimate of drug-likeness (QED) is 0.00889. The first-order valence-corrected chi connectivity index (χ1v) is 48.6. The van der Waals surface area contributed by atoms with Gasteiger partial charge < -0.3 is 88.7 Å². The maximum atomic E-state index is 14.9. The van der Waals surface area contributed by atoms with Crippen LogP contribution < -0.4 is 0 Å². The molecule has 0 aromatic carbocycles. The molecule has 3 rings (SSSR count). The van der Waals surface area contributed by atoms with E-state index in [0.29, 0.717) is 32.1 Å². The van der Waals surface area contributed by atoms with Gasteiger partial charge in [-0.15, -0.1) is 0 Å². The van der Waals surface area contributed by atoms with E-state index in [0.717, 1.165) is 167 Å². The van der Waals surface area contributed by atoms with Crippen LogP contribution in [0.4, 0.5) is 0 Å². The summed E-state index contributed by atoms with van der Waals surface area (Å²) in [5, 5.41) is 102. The molecule has 1 aliphatic carbocycles. The molecule has 26 heteroatoms. The van der Waals surface area contributed by atoms with Crippen LogP contribution in [0, 0.1) is 0 Å². The van der Waals surface area contributed by atoms with Gasteiger partial charge in [-0.25, -0.2) is 4.57 Å². The predicted molar refractivity (Wildman–Crippen MR) is 453 cm³/mol. The molecule has 0 aromatic rings. The number of hydrogen-bond donors (Lipinski definition) is 10. The van der Waals surface area contributed by atoms with Gasteiger partial charge in [0.25, 0.3) is 0 Å². The third kappa shape index (κ3) is 50.5. The van der Waals surface area contributed by atoms with E-state index in [4.69, 9.17) is 46.9 Å². The zero-order valence-electron chi connectivity index (χ0n) is 73.0. The summed E-state index contributed by atoms with van der Waals surface area (Å²) >= 11 is 0. The van der Waals surface area contributed by atoms with Crippen molar-refractivity contribution < 1.29 is 122 Å². The highest BCUT2D eigenvalue weighted by Crippen LogP contribution is 2.49. The molecule has 3 aliphatic rings. The fraction of sp³-hybridized carbons (Fsp3) is 0.912. The minimum Gasteiger partial charge on any atom is -0.463 e. The number of unbranched alkanes of at least 4 members (excludes halogenated alkanes) is 48. The molecule has 686 valence electrons. The molecular formula is C91H167O25P. The van der Waals surface area contributed by atoms with Crippen molar-refractivity contribution in [2.75, 3.05) is 26.4 Å². The van der Waals surface area contributed by atoms with Crippen LogP contribution >= 0.6 is 7.82 Å². The van der Waals surface area contributed by atoms with Crippen LogP contribution in [0.1, 0.15) is 400 Å². The van der Waals surface area contributed by atoms with Crippen LogP contribution in [-0.4, -0.2) is 205 Å². The molecule has 25 nitrogen and oxygen atoms in total. The highest BCUT2D eigenvalue weighted by molar-refractivity contribution is 7.47. The molecule has 2 heterocycles. The Morgan fingerprint density at radius 3 is 1.03 bits per heavy atom. The van der Waals surface area contributed by atoms with Crippen LogP contribution in [0.5, 0.6) is 0 Å². The van der Waals surface area contributed by atoms with E-state index in [2.05, 4.69) is 52.0 Å². The van der Waals surface area contributed by atoms with Crippen LogP contribution in [0.3, 0.4) is 0 Å². The molecule has 0 radical (unpaired) electrons. The van der Waals surface area contributed by atoms with Crippen molar-refractivity contribution in [1.29, 1.82) is 0 Å². The van der Waals surface area contributed by atoms with Gasteiger partial charge in [-0.2, -0.15) is 0 Å². The van der Waals surface area contributed by atoms with Crippen LogP contribution in [0.2, 0.25) is 0 Å². The zero-order chi connectivity index (χ0) is 85.4. The lowest BCUT2D eigenvalue weighted by Crippen LogP contribution is -2.70. The highest BCUT2D eigenvalue weighted by atomic mass is 31.2. The second kappa shape index (κ2) is 70.3. The number of ether oxygens (including phenoxy) is 8. The van der Waals surface area contributed by atoms with Gasteiger partial charge in [0.15, 0.2) is 24.8 Å². The molecular weight excluding hydrogens is 1520 g/mol. The summed E-state index contributed by atoms with van der Waals surface area (Å²) in [5.41, 5.74) is 0. The Morgan fingerprint density at radius 1 is 0.333 bits per heavy atom. The van der Waals surface area contributed by atoms with E-state index in [1.54, 1.807) is 0 Å². The number of allylic oxidation sites excluding steroid dienone is 4. The molecule has 2 saturated heterocycles. The van der Waals surface area contributed by atoms with Crippen molar-refractivity contribution in [1.82, 2.24) is 0 Å². The Morgan fingerprint density at radius 2 is 0.641 bits per heavy atom. The van der Waals surface area contributed by atoms with Crippen molar-refractivity contribution in [3.8, 4) is 0 Å². The summed E-state index contributed by atoms with van der Waals surface area (Å²) in [7, 11) is -5.81. The number of phosphoric ester groups is 1. The van der Waals surface area contributed by atoms with Gasteiger partial charge >= 0.3 is 31.7 Å². The van der Waals surface area contributed by atoms with Gasteiger partial charge in [-0.3, -0.25) is 28.2 Å². The van der Waals surface area contributed by atoms with Gasteiger partial charge in [0.1, 0.15) is 92.6 Å². The maximum absolute atomic E-state index is 14.9. The first-order chi connectivity index (χ1) is 56.7. The number of carbonyl (C=O) groups is 4. The molecule has 0 amide bonds.